The van der Waals surface area contributed by atoms with Crippen molar-refractivity contribution in [1.29, 1.82) is 0 Å². The highest BCUT2D eigenvalue weighted by Gasteiger charge is 2.13. The Morgan fingerprint density at radius 1 is 1.38 bits per heavy atom. The second kappa shape index (κ2) is 4.18. The van der Waals surface area contributed by atoms with E-state index >= 15 is 0 Å². The molecule has 0 saturated heterocycles. The third kappa shape index (κ3) is 1.78. The molecule has 0 saturated carbocycles. The number of nitrogens with two attached hydrogens (primary N) is 1. The molecule has 2 aromatic rings. The summed E-state index contributed by atoms with van der Waals surface area (Å²) in [6, 6.07) is 5.51. The van der Waals surface area contributed by atoms with Crippen LogP contribution in [0, 0.1) is 0 Å². The summed E-state index contributed by atoms with van der Waals surface area (Å²) in [5.41, 5.74) is 7.42. The van der Waals surface area contributed by atoms with Crippen LogP contribution in [0.25, 0.3) is 5.69 Å². The highest BCUT2D eigenvalue weighted by molar-refractivity contribution is 6.32. The number of hydrogen-bond donors (Lipinski definition) is 1. The van der Waals surface area contributed by atoms with Crippen LogP contribution in [0.1, 0.15) is 25.6 Å². The highest BCUT2D eigenvalue weighted by Crippen LogP contribution is 2.28. The molecule has 1 aromatic heterocycles. The van der Waals surface area contributed by atoms with Crippen molar-refractivity contribution < 1.29 is 0 Å². The zero-order valence-electron chi connectivity index (χ0n) is 9.31. The van der Waals surface area contributed by atoms with Gasteiger partial charge in [0.05, 0.1) is 16.4 Å². The summed E-state index contributed by atoms with van der Waals surface area (Å²) < 4.78 is 1.95. The lowest BCUT2D eigenvalue weighted by atomic mass is 10.2. The van der Waals surface area contributed by atoms with Crippen molar-refractivity contribution in [2.45, 2.75) is 19.8 Å². The summed E-state index contributed by atoms with van der Waals surface area (Å²) in [6.07, 6.45) is 3.64. The van der Waals surface area contributed by atoms with Crippen molar-refractivity contribution >= 4 is 17.3 Å². The predicted molar refractivity (Wildman–Crippen MR) is 67.1 cm³/mol. The lowest BCUT2D eigenvalue weighted by Crippen LogP contribution is -2.05. The second-order valence-electron chi connectivity index (χ2n) is 3.99. The Hall–Kier alpha value is -1.48. The molecule has 0 radical (unpaired) electrons. The van der Waals surface area contributed by atoms with Gasteiger partial charge < -0.3 is 10.3 Å². The Labute approximate surface area is 99.9 Å². The van der Waals surface area contributed by atoms with Gasteiger partial charge in [0.15, 0.2) is 0 Å². The molecule has 2 N–H and O–H groups in total. The van der Waals surface area contributed by atoms with Gasteiger partial charge in [-0.1, -0.05) is 31.5 Å². The van der Waals surface area contributed by atoms with E-state index in [9.17, 15) is 0 Å². The van der Waals surface area contributed by atoms with Gasteiger partial charge in [-0.2, -0.15) is 0 Å². The SMILES string of the molecule is CC(C)c1nccn1-c1c(N)cccc1Cl. The van der Waals surface area contributed by atoms with Crippen LogP contribution in [0.3, 0.4) is 0 Å². The predicted octanol–water partition coefficient (Wildman–Crippen LogP) is 3.23. The first-order valence-corrected chi connectivity index (χ1v) is 5.56. The second-order valence-corrected chi connectivity index (χ2v) is 4.40. The van der Waals surface area contributed by atoms with Gasteiger partial charge in [0.1, 0.15) is 5.82 Å². The number of halogens is 1. The number of hydrogen-bond acceptors (Lipinski definition) is 2. The van der Waals surface area contributed by atoms with Crippen LogP contribution >= 0.6 is 11.6 Å². The number of aromatic nitrogens is 2. The Kier molecular flexibility index (Phi) is 2.88. The van der Waals surface area contributed by atoms with Gasteiger partial charge in [-0.15, -0.1) is 0 Å². The maximum atomic E-state index is 6.17. The van der Waals surface area contributed by atoms with Gasteiger partial charge in [0.2, 0.25) is 0 Å². The molecule has 0 spiro atoms. The zero-order valence-corrected chi connectivity index (χ0v) is 10.1. The van der Waals surface area contributed by atoms with Crippen LogP contribution in [0.5, 0.6) is 0 Å². The molecule has 0 aliphatic heterocycles. The molecule has 16 heavy (non-hydrogen) atoms. The molecule has 0 amide bonds. The summed E-state index contributed by atoms with van der Waals surface area (Å²) in [6.45, 7) is 4.18. The minimum Gasteiger partial charge on any atom is -0.397 e. The topological polar surface area (TPSA) is 43.8 Å². The average Bonchev–Trinajstić information content (AvgIpc) is 2.66. The van der Waals surface area contributed by atoms with Gasteiger partial charge in [0, 0.05) is 18.3 Å². The number of rotatable bonds is 2. The Bertz CT molecular complexity index is 482. The van der Waals surface area contributed by atoms with Crippen molar-refractivity contribution in [3.8, 4) is 5.69 Å². The number of anilines is 1. The average molecular weight is 236 g/mol. The fraction of sp³-hybridized carbons (Fsp3) is 0.250. The molecular weight excluding hydrogens is 222 g/mol. The third-order valence-electron chi connectivity index (χ3n) is 2.44. The van der Waals surface area contributed by atoms with Crippen molar-refractivity contribution in [2.24, 2.45) is 0 Å². The molecule has 84 valence electrons. The van der Waals surface area contributed by atoms with E-state index in [1.54, 1.807) is 6.20 Å². The molecule has 0 bridgehead atoms. The van der Waals surface area contributed by atoms with Gasteiger partial charge >= 0.3 is 0 Å². The van der Waals surface area contributed by atoms with Gasteiger partial charge in [-0.3, -0.25) is 0 Å². The Morgan fingerprint density at radius 3 is 2.75 bits per heavy atom. The van der Waals surface area contributed by atoms with Crippen LogP contribution in [0.2, 0.25) is 5.02 Å². The normalized spacial score (nSPS) is 11.0. The molecule has 1 heterocycles. The summed E-state index contributed by atoms with van der Waals surface area (Å²) in [4.78, 5) is 4.32. The number of nitrogen functional groups attached to an aromatic ring is 1. The first-order chi connectivity index (χ1) is 7.61. The fourth-order valence-electron chi connectivity index (χ4n) is 1.72. The van der Waals surface area contributed by atoms with Gasteiger partial charge in [0.25, 0.3) is 0 Å². The van der Waals surface area contributed by atoms with E-state index in [1.807, 2.05) is 29.0 Å². The Morgan fingerprint density at radius 2 is 2.12 bits per heavy atom. The summed E-state index contributed by atoms with van der Waals surface area (Å²) in [7, 11) is 0. The summed E-state index contributed by atoms with van der Waals surface area (Å²) >= 11 is 6.17. The lowest BCUT2D eigenvalue weighted by Gasteiger charge is -2.13. The largest absolute Gasteiger partial charge is 0.397 e. The number of nitrogens with zero attached hydrogens (tertiary/aromatic N) is 2. The van der Waals surface area contributed by atoms with Crippen LogP contribution < -0.4 is 5.73 Å². The van der Waals surface area contributed by atoms with Crippen molar-refractivity contribution in [3.63, 3.8) is 0 Å². The zero-order chi connectivity index (χ0) is 11.7. The highest BCUT2D eigenvalue weighted by atomic mass is 35.5. The molecule has 2 rings (SSSR count). The van der Waals surface area contributed by atoms with E-state index in [-0.39, 0.29) is 0 Å². The van der Waals surface area contributed by atoms with E-state index in [0.717, 1.165) is 11.5 Å². The third-order valence-corrected chi connectivity index (χ3v) is 2.75. The maximum Gasteiger partial charge on any atom is 0.115 e. The minimum absolute atomic E-state index is 0.325. The molecule has 0 aliphatic rings. The number of para-hydroxylation sites is 1. The Balaban J connectivity index is 2.63. The molecule has 1 aromatic carbocycles. The molecule has 4 heteroatoms. The lowest BCUT2D eigenvalue weighted by molar-refractivity contribution is 0.752. The van der Waals surface area contributed by atoms with Crippen LogP contribution in [0.4, 0.5) is 5.69 Å². The van der Waals surface area contributed by atoms with E-state index in [0.29, 0.717) is 16.6 Å². The molecule has 0 unspecified atom stereocenters. The first-order valence-electron chi connectivity index (χ1n) is 5.19. The van der Waals surface area contributed by atoms with E-state index in [1.165, 1.54) is 0 Å². The van der Waals surface area contributed by atoms with Crippen molar-refractivity contribution in [2.75, 3.05) is 5.73 Å². The van der Waals surface area contributed by atoms with Crippen LogP contribution in [0.15, 0.2) is 30.6 Å². The molecule has 3 nitrogen and oxygen atoms in total. The summed E-state index contributed by atoms with van der Waals surface area (Å²) in [5.74, 6) is 1.28. The van der Waals surface area contributed by atoms with Gasteiger partial charge in [-0.05, 0) is 12.1 Å². The minimum atomic E-state index is 0.325. The quantitative estimate of drug-likeness (QED) is 0.813. The van der Waals surface area contributed by atoms with Crippen LogP contribution in [-0.2, 0) is 0 Å². The van der Waals surface area contributed by atoms with E-state index in [2.05, 4.69) is 18.8 Å². The van der Waals surface area contributed by atoms with Gasteiger partial charge in [-0.25, -0.2) is 4.98 Å². The number of benzene rings is 1. The summed E-state index contributed by atoms with van der Waals surface area (Å²) in [5, 5.41) is 0.639. The molecular formula is C12H14ClN3. The van der Waals surface area contributed by atoms with Crippen LogP contribution in [-0.4, -0.2) is 9.55 Å². The van der Waals surface area contributed by atoms with E-state index in [4.69, 9.17) is 17.3 Å². The first kappa shape index (κ1) is 11.0. The monoisotopic (exact) mass is 235 g/mol. The van der Waals surface area contributed by atoms with Crippen molar-refractivity contribution in [3.05, 3.63) is 41.4 Å². The smallest absolute Gasteiger partial charge is 0.115 e. The maximum absolute atomic E-state index is 6.17. The fourth-order valence-corrected chi connectivity index (χ4v) is 1.99. The van der Waals surface area contributed by atoms with Crippen molar-refractivity contribution in [1.82, 2.24) is 9.55 Å². The molecule has 0 atom stereocenters. The standard InChI is InChI=1S/C12H14ClN3/c1-8(2)12-15-6-7-16(12)11-9(13)4-3-5-10(11)14/h3-8H,14H2,1-2H3. The van der Waals surface area contributed by atoms with E-state index < -0.39 is 0 Å². The number of imidazole rings is 1. The molecule has 0 aliphatic carbocycles. The molecule has 0 fully saturated rings.